The number of hydrogen-bond donors (Lipinski definition) is 0. The van der Waals surface area contributed by atoms with Crippen LogP contribution >= 0.6 is 70.6 Å². The zero-order valence-electron chi connectivity index (χ0n) is 15.6. The number of carbonyl (C=O) groups is 1. The molecule has 1 nitrogen and oxygen atoms in total. The normalized spacial score (nSPS) is 17.4. The van der Waals surface area contributed by atoms with Gasteiger partial charge >= 0.3 is 0 Å². The van der Waals surface area contributed by atoms with Crippen molar-refractivity contribution in [2.24, 2.45) is 0 Å². The Hall–Kier alpha value is 0.990. The number of carbonyl (C=O) groups excluding carboxylic acids is 1. The quantitative estimate of drug-likeness (QED) is 0.197. The second-order valence-electron chi connectivity index (χ2n) is 6.03. The number of rotatable bonds is 13. The van der Waals surface area contributed by atoms with Gasteiger partial charge in [0.05, 0.1) is 21.9 Å². The molecule has 0 aromatic carbocycles. The van der Waals surface area contributed by atoms with E-state index in [1.165, 1.54) is 79.8 Å². The van der Waals surface area contributed by atoms with Crippen molar-refractivity contribution in [2.45, 2.75) is 65.2 Å². The molecule has 26 heavy (non-hydrogen) atoms. The van der Waals surface area contributed by atoms with Gasteiger partial charge in [-0.1, -0.05) is 99.4 Å². The maximum Gasteiger partial charge on any atom is 0.157 e. The Kier molecular flexibility index (Phi) is 12.6. The van der Waals surface area contributed by atoms with Crippen LogP contribution in [-0.2, 0) is 4.79 Å². The Bertz CT molecular complexity index is 524. The van der Waals surface area contributed by atoms with E-state index in [4.69, 9.17) is 0 Å². The molecule has 0 aromatic heterocycles. The van der Waals surface area contributed by atoms with E-state index in [-0.39, 0.29) is 0 Å². The first-order valence-electron chi connectivity index (χ1n) is 9.38. The standard InChI is InChI=1S/C19H28OS6/c1-3-5-7-9-11-21-16-17(22-12-10-8-6-4-2)26-19(25-16)18-23-14-15(13-20)24-18/h13-14H,3-12H2,1-2H3. The second-order valence-corrected chi connectivity index (χ2v) is 13.3. The molecule has 0 saturated heterocycles. The Morgan fingerprint density at radius 1 is 0.808 bits per heavy atom. The molecule has 0 radical (unpaired) electrons. The third kappa shape index (κ3) is 8.16. The molecule has 0 N–H and O–H groups in total. The summed E-state index contributed by atoms with van der Waals surface area (Å²) in [5.41, 5.74) is 0. The Morgan fingerprint density at radius 2 is 1.38 bits per heavy atom. The monoisotopic (exact) mass is 464 g/mol. The zero-order valence-corrected chi connectivity index (χ0v) is 20.5. The minimum atomic E-state index is 0.841. The van der Waals surface area contributed by atoms with Gasteiger partial charge in [-0.3, -0.25) is 4.79 Å². The fourth-order valence-electron chi connectivity index (χ4n) is 2.33. The van der Waals surface area contributed by atoms with E-state index in [1.54, 1.807) is 23.5 Å². The van der Waals surface area contributed by atoms with E-state index < -0.39 is 0 Å². The number of allylic oxidation sites excluding steroid dienone is 1. The van der Waals surface area contributed by atoms with Crippen LogP contribution in [0.3, 0.4) is 0 Å². The van der Waals surface area contributed by atoms with E-state index in [1.807, 2.05) is 52.5 Å². The number of unbranched alkanes of at least 4 members (excludes halogenated alkanes) is 6. The lowest BCUT2D eigenvalue weighted by Gasteiger charge is -2.05. The van der Waals surface area contributed by atoms with Crippen LogP contribution in [0.4, 0.5) is 0 Å². The molecule has 0 aliphatic carbocycles. The highest BCUT2D eigenvalue weighted by atomic mass is 32.3. The number of aldehydes is 1. The van der Waals surface area contributed by atoms with Gasteiger partial charge in [-0.15, -0.1) is 23.5 Å². The maximum atomic E-state index is 11.0. The van der Waals surface area contributed by atoms with Gasteiger partial charge in [0.15, 0.2) is 6.29 Å². The summed E-state index contributed by atoms with van der Waals surface area (Å²) < 4.78 is 5.65. The number of hydrogen-bond acceptors (Lipinski definition) is 7. The van der Waals surface area contributed by atoms with Crippen LogP contribution in [0.2, 0.25) is 0 Å². The van der Waals surface area contributed by atoms with Crippen molar-refractivity contribution in [1.29, 1.82) is 0 Å². The van der Waals surface area contributed by atoms with Crippen LogP contribution in [-0.4, -0.2) is 17.8 Å². The van der Waals surface area contributed by atoms with Crippen molar-refractivity contribution >= 4 is 76.9 Å². The molecule has 0 spiro atoms. The molecule has 146 valence electrons. The molecular weight excluding hydrogens is 437 g/mol. The first-order chi connectivity index (χ1) is 12.8. The highest BCUT2D eigenvalue weighted by Gasteiger charge is 2.27. The Morgan fingerprint density at radius 3 is 1.85 bits per heavy atom. The lowest BCUT2D eigenvalue weighted by Crippen LogP contribution is -1.83. The Balaban J connectivity index is 1.88. The molecule has 2 aliphatic rings. The van der Waals surface area contributed by atoms with Crippen LogP contribution in [0.5, 0.6) is 0 Å². The molecular formula is C19H28OS6. The molecule has 7 heteroatoms. The van der Waals surface area contributed by atoms with E-state index in [0.717, 1.165) is 11.2 Å². The second kappa shape index (κ2) is 14.0. The van der Waals surface area contributed by atoms with Crippen molar-refractivity contribution in [3.8, 4) is 0 Å². The lowest BCUT2D eigenvalue weighted by atomic mass is 10.2. The van der Waals surface area contributed by atoms with Gasteiger partial charge in [0, 0.05) is 0 Å². The molecule has 0 bridgehead atoms. The van der Waals surface area contributed by atoms with Crippen molar-refractivity contribution in [2.75, 3.05) is 11.5 Å². The highest BCUT2D eigenvalue weighted by molar-refractivity contribution is 8.42. The maximum absolute atomic E-state index is 11.0. The van der Waals surface area contributed by atoms with Crippen LogP contribution in [0, 0.1) is 0 Å². The van der Waals surface area contributed by atoms with Gasteiger partial charge in [-0.05, 0) is 29.8 Å². The van der Waals surface area contributed by atoms with Crippen molar-refractivity contribution in [3.63, 3.8) is 0 Å². The van der Waals surface area contributed by atoms with E-state index in [0.29, 0.717) is 0 Å². The van der Waals surface area contributed by atoms with Crippen LogP contribution in [0.1, 0.15) is 65.2 Å². The van der Waals surface area contributed by atoms with Gasteiger partial charge < -0.3 is 0 Å². The molecule has 2 aliphatic heterocycles. The van der Waals surface area contributed by atoms with Gasteiger partial charge in [0.2, 0.25) is 0 Å². The third-order valence-electron chi connectivity index (χ3n) is 3.78. The summed E-state index contributed by atoms with van der Waals surface area (Å²) in [7, 11) is 0. The molecule has 0 fully saturated rings. The van der Waals surface area contributed by atoms with E-state index >= 15 is 0 Å². The largest absolute Gasteiger partial charge is 0.297 e. The van der Waals surface area contributed by atoms with Crippen molar-refractivity contribution in [3.05, 3.63) is 27.3 Å². The average Bonchev–Trinajstić information content (AvgIpc) is 3.28. The molecule has 0 aromatic rings. The summed E-state index contributed by atoms with van der Waals surface area (Å²) in [5.74, 6) is 2.45. The predicted octanol–water partition coefficient (Wildman–Crippen LogP) is 8.87. The summed E-state index contributed by atoms with van der Waals surface area (Å²) >= 11 is 11.3. The minimum Gasteiger partial charge on any atom is -0.297 e. The van der Waals surface area contributed by atoms with E-state index in [2.05, 4.69) is 13.8 Å². The molecule has 2 heterocycles. The Labute approximate surface area is 184 Å². The summed E-state index contributed by atoms with van der Waals surface area (Å²) in [6.07, 6.45) is 11.6. The highest BCUT2D eigenvalue weighted by Crippen LogP contribution is 2.62. The average molecular weight is 465 g/mol. The molecule has 0 saturated carbocycles. The molecule has 0 unspecified atom stereocenters. The first-order valence-corrected chi connectivity index (χ1v) is 14.7. The van der Waals surface area contributed by atoms with Gasteiger partial charge in [0.1, 0.15) is 0 Å². The summed E-state index contributed by atoms with van der Waals surface area (Å²) in [4.78, 5) is 11.8. The summed E-state index contributed by atoms with van der Waals surface area (Å²) in [5, 5.41) is 1.98. The SMILES string of the molecule is CCCCCCSC1=C(SCCCCCC)SC(=C2SC=C(C=O)S2)S1. The predicted molar refractivity (Wildman–Crippen MR) is 132 cm³/mol. The third-order valence-corrected chi connectivity index (χ3v) is 12.3. The molecule has 0 atom stereocenters. The smallest absolute Gasteiger partial charge is 0.157 e. The van der Waals surface area contributed by atoms with Crippen molar-refractivity contribution < 1.29 is 4.79 Å². The minimum absolute atomic E-state index is 0.841. The van der Waals surface area contributed by atoms with E-state index in [9.17, 15) is 4.79 Å². The van der Waals surface area contributed by atoms with Crippen molar-refractivity contribution in [1.82, 2.24) is 0 Å². The van der Waals surface area contributed by atoms with Gasteiger partial charge in [-0.2, -0.15) is 0 Å². The van der Waals surface area contributed by atoms with Crippen LogP contribution < -0.4 is 0 Å². The summed E-state index contributed by atoms with van der Waals surface area (Å²) in [6, 6.07) is 0. The topological polar surface area (TPSA) is 17.1 Å². The van der Waals surface area contributed by atoms with Crippen LogP contribution in [0.15, 0.2) is 27.3 Å². The van der Waals surface area contributed by atoms with Crippen LogP contribution in [0.25, 0.3) is 0 Å². The lowest BCUT2D eigenvalue weighted by molar-refractivity contribution is -0.104. The number of thioether (sulfide) groups is 6. The fourth-order valence-corrected chi connectivity index (χ4v) is 10.7. The van der Waals surface area contributed by atoms with Gasteiger partial charge in [0.25, 0.3) is 0 Å². The first kappa shape index (κ1) is 23.3. The molecule has 0 amide bonds. The zero-order chi connectivity index (χ0) is 18.6. The summed E-state index contributed by atoms with van der Waals surface area (Å²) in [6.45, 7) is 4.53. The molecule has 2 rings (SSSR count). The fraction of sp³-hybridized carbons (Fsp3) is 0.632. The van der Waals surface area contributed by atoms with Gasteiger partial charge in [-0.25, -0.2) is 0 Å².